The van der Waals surface area contributed by atoms with Gasteiger partial charge in [0.25, 0.3) is 5.91 Å². The first-order valence-electron chi connectivity index (χ1n) is 9.17. The van der Waals surface area contributed by atoms with Crippen molar-refractivity contribution in [3.63, 3.8) is 0 Å². The Morgan fingerprint density at radius 2 is 1.76 bits per heavy atom. The van der Waals surface area contributed by atoms with Crippen LogP contribution in [0, 0.1) is 0 Å². The van der Waals surface area contributed by atoms with Crippen LogP contribution < -0.4 is 9.64 Å². The van der Waals surface area contributed by atoms with Crippen molar-refractivity contribution in [3.8, 4) is 5.75 Å². The number of nitrogens with zero attached hydrogens (tertiary/aromatic N) is 2. The molecule has 2 aromatic rings. The van der Waals surface area contributed by atoms with Gasteiger partial charge in [-0.25, -0.2) is 0 Å². The van der Waals surface area contributed by atoms with Gasteiger partial charge in [-0.15, -0.1) is 0 Å². The number of carbonyl (C=O) groups is 2. The molecule has 3 rings (SSSR count). The number of rotatable bonds is 5. The van der Waals surface area contributed by atoms with Crippen LogP contribution in [-0.4, -0.2) is 44.1 Å². The van der Waals surface area contributed by atoms with E-state index in [1.54, 1.807) is 12.0 Å². The predicted molar refractivity (Wildman–Crippen MR) is 115 cm³/mol. The molecule has 1 atom stereocenters. The SMILES string of the molecule is COc1ccc(C2=C(OC(C)=O)C(=O)N(C(C)N(C)C)c3ccccc3S2)cc1. The Bertz CT molecular complexity index is 954. The lowest BCUT2D eigenvalue weighted by atomic mass is 10.1. The van der Waals surface area contributed by atoms with Crippen molar-refractivity contribution in [2.24, 2.45) is 0 Å². The molecule has 7 heteroatoms. The molecule has 1 aliphatic heterocycles. The average molecular weight is 413 g/mol. The molecule has 0 aliphatic carbocycles. The minimum absolute atomic E-state index is 0.0255. The fourth-order valence-corrected chi connectivity index (χ4v) is 4.10. The number of hydrogen-bond acceptors (Lipinski definition) is 6. The quantitative estimate of drug-likeness (QED) is 0.693. The summed E-state index contributed by atoms with van der Waals surface area (Å²) in [6.07, 6.45) is -0.245. The van der Waals surface area contributed by atoms with Gasteiger partial charge in [0.05, 0.1) is 23.9 Å². The molecule has 0 saturated heterocycles. The molecule has 0 saturated carbocycles. The number of esters is 1. The van der Waals surface area contributed by atoms with Crippen LogP contribution in [-0.2, 0) is 14.3 Å². The van der Waals surface area contributed by atoms with Crippen LogP contribution in [0.1, 0.15) is 19.4 Å². The molecule has 0 bridgehead atoms. The van der Waals surface area contributed by atoms with Gasteiger partial charge in [-0.3, -0.25) is 19.4 Å². The molecule has 1 aliphatic rings. The largest absolute Gasteiger partial charge is 0.497 e. The van der Waals surface area contributed by atoms with Gasteiger partial charge in [0, 0.05) is 11.8 Å². The normalized spacial score (nSPS) is 15.1. The Balaban J connectivity index is 2.23. The van der Waals surface area contributed by atoms with Crippen molar-refractivity contribution in [2.75, 3.05) is 26.1 Å². The number of ether oxygens (including phenoxy) is 2. The van der Waals surface area contributed by atoms with Gasteiger partial charge in [0.2, 0.25) is 5.76 Å². The van der Waals surface area contributed by atoms with Gasteiger partial charge in [0.1, 0.15) is 5.75 Å². The maximum absolute atomic E-state index is 13.6. The fourth-order valence-electron chi connectivity index (χ4n) is 2.98. The van der Waals surface area contributed by atoms with Crippen LogP contribution in [0.3, 0.4) is 0 Å². The summed E-state index contributed by atoms with van der Waals surface area (Å²) in [6.45, 7) is 3.23. The Morgan fingerprint density at radius 3 is 2.34 bits per heavy atom. The Morgan fingerprint density at radius 1 is 1.10 bits per heavy atom. The van der Waals surface area contributed by atoms with E-state index in [0.29, 0.717) is 10.7 Å². The summed E-state index contributed by atoms with van der Waals surface area (Å²) >= 11 is 1.41. The summed E-state index contributed by atoms with van der Waals surface area (Å²) < 4.78 is 10.7. The maximum Gasteiger partial charge on any atom is 0.308 e. The van der Waals surface area contributed by atoms with E-state index in [1.165, 1.54) is 18.7 Å². The molecule has 1 amide bonds. The molecule has 6 nitrogen and oxygen atoms in total. The van der Waals surface area contributed by atoms with E-state index in [9.17, 15) is 9.59 Å². The number of amides is 1. The number of hydrogen-bond donors (Lipinski definition) is 0. The molecule has 152 valence electrons. The number of methoxy groups -OCH3 is 1. The Hall–Kier alpha value is -2.77. The third kappa shape index (κ3) is 4.31. The van der Waals surface area contributed by atoms with Gasteiger partial charge < -0.3 is 9.47 Å². The first-order valence-corrected chi connectivity index (χ1v) is 9.99. The molecule has 0 N–H and O–H groups in total. The molecule has 29 heavy (non-hydrogen) atoms. The Labute approximate surface area is 175 Å². The number of anilines is 1. The maximum atomic E-state index is 13.6. The van der Waals surface area contributed by atoms with Crippen LogP contribution in [0.25, 0.3) is 4.91 Å². The average Bonchev–Trinajstić information content (AvgIpc) is 2.82. The van der Waals surface area contributed by atoms with Crippen molar-refractivity contribution in [1.82, 2.24) is 4.90 Å². The second kappa shape index (κ2) is 8.71. The van der Waals surface area contributed by atoms with E-state index in [0.717, 1.165) is 16.1 Å². The highest BCUT2D eigenvalue weighted by atomic mass is 32.2. The lowest BCUT2D eigenvalue weighted by Crippen LogP contribution is -2.47. The topological polar surface area (TPSA) is 59.1 Å². The summed E-state index contributed by atoms with van der Waals surface area (Å²) in [5, 5.41) is 0. The highest BCUT2D eigenvalue weighted by molar-refractivity contribution is 8.08. The van der Waals surface area contributed by atoms with E-state index in [1.807, 2.05) is 74.4 Å². The lowest BCUT2D eigenvalue weighted by molar-refractivity contribution is -0.140. The minimum Gasteiger partial charge on any atom is -0.497 e. The van der Waals surface area contributed by atoms with Gasteiger partial charge in [-0.1, -0.05) is 36.0 Å². The molecule has 2 aromatic carbocycles. The number of benzene rings is 2. The van der Waals surface area contributed by atoms with Crippen LogP contribution in [0.15, 0.2) is 59.2 Å². The third-order valence-electron chi connectivity index (χ3n) is 4.68. The van der Waals surface area contributed by atoms with E-state index in [2.05, 4.69) is 0 Å². The fraction of sp³-hybridized carbons (Fsp3) is 0.273. The molecular weight excluding hydrogens is 388 g/mol. The van der Waals surface area contributed by atoms with Crippen molar-refractivity contribution in [2.45, 2.75) is 24.9 Å². The van der Waals surface area contributed by atoms with Crippen molar-refractivity contribution in [3.05, 3.63) is 59.9 Å². The second-order valence-corrected chi connectivity index (χ2v) is 7.87. The molecular formula is C22H24N2O4S. The predicted octanol–water partition coefficient (Wildman–Crippen LogP) is 3.97. The summed E-state index contributed by atoms with van der Waals surface area (Å²) in [5.41, 5.74) is 1.55. The summed E-state index contributed by atoms with van der Waals surface area (Å²) in [6, 6.07) is 15.0. The number of fused-ring (bicyclic) bond motifs is 1. The highest BCUT2D eigenvalue weighted by Crippen LogP contribution is 2.46. The van der Waals surface area contributed by atoms with Gasteiger partial charge in [-0.2, -0.15) is 0 Å². The second-order valence-electron chi connectivity index (χ2n) is 6.82. The zero-order valence-corrected chi connectivity index (χ0v) is 17.9. The number of thioether (sulfide) groups is 1. The summed E-state index contributed by atoms with van der Waals surface area (Å²) in [4.78, 5) is 30.6. The lowest BCUT2D eigenvalue weighted by Gasteiger charge is -2.33. The molecule has 0 aromatic heterocycles. The van der Waals surface area contributed by atoms with E-state index >= 15 is 0 Å². The van der Waals surface area contributed by atoms with Crippen LogP contribution >= 0.6 is 11.8 Å². The van der Waals surface area contributed by atoms with Crippen LogP contribution in [0.4, 0.5) is 5.69 Å². The standard InChI is InChI=1S/C22H24N2O4S/c1-14(23(3)4)24-18-8-6-7-9-19(18)29-21(20(22(24)26)28-15(2)25)16-10-12-17(27-5)13-11-16/h6-14H,1-5H3. The zero-order valence-electron chi connectivity index (χ0n) is 17.1. The first-order chi connectivity index (χ1) is 13.8. The third-order valence-corrected chi connectivity index (χ3v) is 5.87. The molecule has 1 unspecified atom stereocenters. The van der Waals surface area contributed by atoms with E-state index < -0.39 is 5.97 Å². The molecule has 1 heterocycles. The van der Waals surface area contributed by atoms with Crippen molar-refractivity contribution >= 4 is 34.2 Å². The Kier molecular flexibility index (Phi) is 6.30. The van der Waals surface area contributed by atoms with Crippen molar-refractivity contribution < 1.29 is 19.1 Å². The summed E-state index contributed by atoms with van der Waals surface area (Å²) in [5.74, 6) is -0.165. The zero-order chi connectivity index (χ0) is 21.1. The van der Waals surface area contributed by atoms with E-state index in [4.69, 9.17) is 9.47 Å². The highest BCUT2D eigenvalue weighted by Gasteiger charge is 2.35. The van der Waals surface area contributed by atoms with E-state index in [-0.39, 0.29) is 17.8 Å². The van der Waals surface area contributed by atoms with Gasteiger partial charge in [-0.05, 0) is 50.8 Å². The molecule has 0 fully saturated rings. The first kappa shape index (κ1) is 21.0. The van der Waals surface area contributed by atoms with Gasteiger partial charge in [0.15, 0.2) is 0 Å². The minimum atomic E-state index is -0.539. The number of carbonyl (C=O) groups excluding carboxylic acids is 2. The summed E-state index contributed by atoms with van der Waals surface area (Å²) in [7, 11) is 5.40. The van der Waals surface area contributed by atoms with Gasteiger partial charge >= 0.3 is 5.97 Å². The van der Waals surface area contributed by atoms with Crippen LogP contribution in [0.5, 0.6) is 5.75 Å². The smallest absolute Gasteiger partial charge is 0.308 e. The monoisotopic (exact) mass is 412 g/mol. The number of para-hydroxylation sites is 1. The van der Waals surface area contributed by atoms with Crippen LogP contribution in [0.2, 0.25) is 0 Å². The van der Waals surface area contributed by atoms with Crippen molar-refractivity contribution in [1.29, 1.82) is 0 Å². The molecule has 0 radical (unpaired) electrons. The molecule has 0 spiro atoms.